The van der Waals surface area contributed by atoms with Crippen molar-refractivity contribution < 1.29 is 19.1 Å². The second-order valence-corrected chi connectivity index (χ2v) is 9.11. The Labute approximate surface area is 188 Å². The Balaban J connectivity index is 1.39. The van der Waals surface area contributed by atoms with E-state index in [1.165, 1.54) is 4.90 Å². The third kappa shape index (κ3) is 3.95. The number of ether oxygens (including phenoxy) is 1. The van der Waals surface area contributed by atoms with E-state index in [9.17, 15) is 14.4 Å². The molecule has 1 aliphatic carbocycles. The van der Waals surface area contributed by atoms with Gasteiger partial charge in [-0.25, -0.2) is 0 Å². The van der Waals surface area contributed by atoms with Gasteiger partial charge in [0.15, 0.2) is 0 Å². The van der Waals surface area contributed by atoms with Crippen molar-refractivity contribution in [1.29, 1.82) is 0 Å². The lowest BCUT2D eigenvalue weighted by molar-refractivity contribution is 0.0475. The Morgan fingerprint density at radius 1 is 1.06 bits per heavy atom. The zero-order valence-corrected chi connectivity index (χ0v) is 18.3. The van der Waals surface area contributed by atoms with E-state index in [-0.39, 0.29) is 36.4 Å². The Hall–Kier alpha value is -2.99. The van der Waals surface area contributed by atoms with Crippen molar-refractivity contribution in [2.24, 2.45) is 5.92 Å². The minimum atomic E-state index is -0.333. The topological polar surface area (TPSA) is 66.9 Å². The molecule has 3 aliphatic rings. The highest BCUT2D eigenvalue weighted by Gasteiger charge is 2.39. The lowest BCUT2D eigenvalue weighted by Gasteiger charge is -2.30. The predicted molar refractivity (Wildman–Crippen MR) is 119 cm³/mol. The third-order valence-corrected chi connectivity index (χ3v) is 6.88. The molecule has 2 atom stereocenters. The molecule has 5 rings (SSSR count). The molecule has 32 heavy (non-hydrogen) atoms. The average Bonchev–Trinajstić information content (AvgIpc) is 3.50. The largest absolute Gasteiger partial charge is 0.376 e. The monoisotopic (exact) mass is 432 g/mol. The van der Waals surface area contributed by atoms with E-state index in [1.54, 1.807) is 18.2 Å². The van der Waals surface area contributed by atoms with Gasteiger partial charge in [0.1, 0.15) is 0 Å². The molecular weight excluding hydrogens is 404 g/mol. The van der Waals surface area contributed by atoms with Gasteiger partial charge in [-0.1, -0.05) is 30.3 Å². The molecule has 6 heteroatoms. The number of nitrogens with zero attached hydrogens (tertiary/aromatic N) is 2. The molecule has 0 N–H and O–H groups in total. The van der Waals surface area contributed by atoms with Crippen molar-refractivity contribution in [3.05, 3.63) is 70.8 Å². The number of benzene rings is 2. The van der Waals surface area contributed by atoms with E-state index in [1.807, 2.05) is 35.2 Å². The summed E-state index contributed by atoms with van der Waals surface area (Å²) >= 11 is 0. The van der Waals surface area contributed by atoms with E-state index < -0.39 is 0 Å². The summed E-state index contributed by atoms with van der Waals surface area (Å²) in [5, 5.41) is 0. The molecule has 166 valence electrons. The molecule has 1 saturated heterocycles. The summed E-state index contributed by atoms with van der Waals surface area (Å²) < 4.78 is 5.61. The van der Waals surface area contributed by atoms with Gasteiger partial charge in [0, 0.05) is 24.8 Å². The molecule has 2 unspecified atom stereocenters. The zero-order chi connectivity index (χ0) is 22.2. The molecule has 0 aromatic heterocycles. The van der Waals surface area contributed by atoms with Gasteiger partial charge in [-0.15, -0.1) is 0 Å². The van der Waals surface area contributed by atoms with Crippen LogP contribution in [-0.4, -0.2) is 52.8 Å². The van der Waals surface area contributed by atoms with Crippen molar-refractivity contribution in [2.75, 3.05) is 13.2 Å². The third-order valence-electron chi connectivity index (χ3n) is 6.88. The fourth-order valence-corrected chi connectivity index (χ4v) is 4.76. The number of amides is 3. The first-order valence-electron chi connectivity index (χ1n) is 11.5. The number of rotatable bonds is 7. The molecular formula is C26H28N2O4. The smallest absolute Gasteiger partial charge is 0.261 e. The molecule has 2 aromatic carbocycles. The molecule has 0 bridgehead atoms. The fourth-order valence-electron chi connectivity index (χ4n) is 4.76. The number of hydrogen-bond donors (Lipinski definition) is 0. The Morgan fingerprint density at radius 3 is 2.50 bits per heavy atom. The number of imide groups is 1. The Kier molecular flexibility index (Phi) is 5.55. The standard InChI is InChI=1S/C26H28N2O4/c1-17(19-9-10-19)27(15-18-6-3-2-4-7-18)24(29)20-11-12-22-23(14-20)26(31)28(25(22)30)16-21-8-5-13-32-21/h2-4,6-7,11-12,14,17,19,21H,5,8-10,13,15-16H2,1H3. The second-order valence-electron chi connectivity index (χ2n) is 9.11. The van der Waals surface area contributed by atoms with Crippen molar-refractivity contribution in [3.63, 3.8) is 0 Å². The summed E-state index contributed by atoms with van der Waals surface area (Å²) in [6.45, 7) is 3.56. The van der Waals surface area contributed by atoms with Gasteiger partial charge >= 0.3 is 0 Å². The number of fused-ring (bicyclic) bond motifs is 1. The maximum Gasteiger partial charge on any atom is 0.261 e. The van der Waals surface area contributed by atoms with Crippen LogP contribution in [0.25, 0.3) is 0 Å². The summed E-state index contributed by atoms with van der Waals surface area (Å²) in [6.07, 6.45) is 3.97. The van der Waals surface area contributed by atoms with Gasteiger partial charge in [0.05, 0.1) is 23.8 Å². The Morgan fingerprint density at radius 2 is 1.81 bits per heavy atom. The highest BCUT2D eigenvalue weighted by Crippen LogP contribution is 2.36. The van der Waals surface area contributed by atoms with Crippen molar-refractivity contribution >= 4 is 17.7 Å². The van der Waals surface area contributed by atoms with Gasteiger partial charge in [0.2, 0.25) is 0 Å². The SMILES string of the molecule is CC(C1CC1)N(Cc1ccccc1)C(=O)c1ccc2c(c1)C(=O)N(CC1CCCO1)C2=O. The molecule has 0 radical (unpaired) electrons. The summed E-state index contributed by atoms with van der Waals surface area (Å²) in [7, 11) is 0. The van der Waals surface area contributed by atoms with Crippen LogP contribution in [0, 0.1) is 5.92 Å². The van der Waals surface area contributed by atoms with Gasteiger partial charge in [-0.05, 0) is 62.3 Å². The first-order valence-corrected chi connectivity index (χ1v) is 11.5. The lowest BCUT2D eigenvalue weighted by atomic mass is 10.0. The van der Waals surface area contributed by atoms with Crippen LogP contribution in [0.15, 0.2) is 48.5 Å². The number of carbonyl (C=O) groups is 3. The van der Waals surface area contributed by atoms with Crippen molar-refractivity contribution in [2.45, 2.75) is 51.3 Å². The highest BCUT2D eigenvalue weighted by molar-refractivity contribution is 6.22. The van der Waals surface area contributed by atoms with Crippen LogP contribution in [0.2, 0.25) is 0 Å². The maximum absolute atomic E-state index is 13.6. The first-order chi connectivity index (χ1) is 15.5. The molecule has 2 fully saturated rings. The molecule has 6 nitrogen and oxygen atoms in total. The van der Waals surface area contributed by atoms with E-state index in [4.69, 9.17) is 4.74 Å². The van der Waals surface area contributed by atoms with Crippen LogP contribution in [0.3, 0.4) is 0 Å². The molecule has 0 spiro atoms. The highest BCUT2D eigenvalue weighted by atomic mass is 16.5. The molecule has 2 aliphatic heterocycles. The summed E-state index contributed by atoms with van der Waals surface area (Å²) in [6, 6.07) is 15.0. The van der Waals surface area contributed by atoms with Crippen LogP contribution in [-0.2, 0) is 11.3 Å². The van der Waals surface area contributed by atoms with Crippen LogP contribution >= 0.6 is 0 Å². The van der Waals surface area contributed by atoms with Crippen molar-refractivity contribution in [3.8, 4) is 0 Å². The summed E-state index contributed by atoms with van der Waals surface area (Å²) in [5.74, 6) is -0.219. The summed E-state index contributed by atoms with van der Waals surface area (Å²) in [4.78, 5) is 42.6. The van der Waals surface area contributed by atoms with Gasteiger partial charge in [0.25, 0.3) is 17.7 Å². The molecule has 2 aromatic rings. The molecule has 2 heterocycles. The van der Waals surface area contributed by atoms with E-state index in [0.717, 1.165) is 31.2 Å². The van der Waals surface area contributed by atoms with Crippen LogP contribution in [0.5, 0.6) is 0 Å². The summed E-state index contributed by atoms with van der Waals surface area (Å²) in [5.41, 5.74) is 2.21. The minimum absolute atomic E-state index is 0.0981. The zero-order valence-electron chi connectivity index (χ0n) is 18.3. The molecule has 1 saturated carbocycles. The first kappa shape index (κ1) is 20.9. The quantitative estimate of drug-likeness (QED) is 0.623. The predicted octanol–water partition coefficient (Wildman–Crippen LogP) is 3.90. The number of hydrogen-bond acceptors (Lipinski definition) is 4. The normalized spacial score (nSPS) is 21.0. The minimum Gasteiger partial charge on any atom is -0.376 e. The average molecular weight is 433 g/mol. The fraction of sp³-hybridized carbons (Fsp3) is 0.423. The number of carbonyl (C=O) groups excluding carboxylic acids is 3. The van der Waals surface area contributed by atoms with Gasteiger partial charge in [-0.2, -0.15) is 0 Å². The molecule has 3 amide bonds. The van der Waals surface area contributed by atoms with Gasteiger partial charge in [-0.3, -0.25) is 19.3 Å². The van der Waals surface area contributed by atoms with Crippen molar-refractivity contribution in [1.82, 2.24) is 9.80 Å². The maximum atomic E-state index is 13.6. The van der Waals surface area contributed by atoms with Crippen LogP contribution < -0.4 is 0 Å². The van der Waals surface area contributed by atoms with E-state index in [2.05, 4.69) is 6.92 Å². The van der Waals surface area contributed by atoms with Crippen LogP contribution in [0.4, 0.5) is 0 Å². The second kappa shape index (κ2) is 8.51. The van der Waals surface area contributed by atoms with Crippen LogP contribution in [0.1, 0.15) is 69.2 Å². The lowest BCUT2D eigenvalue weighted by Crippen LogP contribution is -2.39. The Bertz CT molecular complexity index is 1040. The van der Waals surface area contributed by atoms with E-state index >= 15 is 0 Å². The van der Waals surface area contributed by atoms with Gasteiger partial charge < -0.3 is 9.64 Å². The van der Waals surface area contributed by atoms with E-state index in [0.29, 0.717) is 35.8 Å².